The van der Waals surface area contributed by atoms with Gasteiger partial charge in [-0.3, -0.25) is 0 Å². The molecule has 0 spiro atoms. The summed E-state index contributed by atoms with van der Waals surface area (Å²) in [5, 5.41) is 0. The van der Waals surface area contributed by atoms with Crippen LogP contribution in [0.1, 0.15) is 5.56 Å². The van der Waals surface area contributed by atoms with Gasteiger partial charge in [-0.2, -0.15) is 0 Å². The number of amides is 1. The Bertz CT molecular complexity index is 288. The highest BCUT2D eigenvalue weighted by Gasteiger charge is 1.97. The van der Waals surface area contributed by atoms with E-state index in [2.05, 4.69) is 4.74 Å². The Morgan fingerprint density at radius 1 is 1.58 bits per heavy atom. The second-order valence-corrected chi connectivity index (χ2v) is 2.21. The van der Waals surface area contributed by atoms with Crippen molar-refractivity contribution >= 4 is 6.09 Å². The summed E-state index contributed by atoms with van der Waals surface area (Å²) >= 11 is 0. The fraction of sp³-hybridized carbons (Fsp3) is 0.125. The molecule has 0 atom stereocenters. The molecule has 1 amide bonds. The van der Waals surface area contributed by atoms with Crippen LogP contribution in [-0.2, 0) is 11.3 Å². The van der Waals surface area contributed by atoms with E-state index in [0.717, 1.165) is 0 Å². The van der Waals surface area contributed by atoms with Gasteiger partial charge in [0.1, 0.15) is 12.4 Å². The van der Waals surface area contributed by atoms with E-state index in [1.165, 1.54) is 18.2 Å². The smallest absolute Gasteiger partial charge is 0.426 e. The molecule has 12 heavy (non-hydrogen) atoms. The Labute approximate surface area is 68.9 Å². The maximum Gasteiger partial charge on any atom is 0.426 e. The summed E-state index contributed by atoms with van der Waals surface area (Å²) in [6.45, 7) is -0.0555. The van der Waals surface area contributed by atoms with Crippen molar-refractivity contribution in [3.05, 3.63) is 35.6 Å². The van der Waals surface area contributed by atoms with Gasteiger partial charge in [-0.25, -0.2) is 14.9 Å². The highest BCUT2D eigenvalue weighted by Crippen LogP contribution is 2.04. The highest BCUT2D eigenvalue weighted by atomic mass is 19.1. The van der Waals surface area contributed by atoms with E-state index in [-0.39, 0.29) is 12.4 Å². The van der Waals surface area contributed by atoms with Crippen LogP contribution in [0.5, 0.6) is 0 Å². The van der Waals surface area contributed by atoms with Crippen LogP contribution in [0, 0.1) is 5.82 Å². The molecule has 0 saturated carbocycles. The minimum atomic E-state index is -1.11. The molecule has 0 aromatic heterocycles. The highest BCUT2D eigenvalue weighted by molar-refractivity contribution is 5.63. The van der Waals surface area contributed by atoms with Gasteiger partial charge in [-0.05, 0) is 17.7 Å². The van der Waals surface area contributed by atoms with Gasteiger partial charge in [0.2, 0.25) is 0 Å². The number of hydrogen-bond acceptors (Lipinski definition) is 2. The predicted octanol–water partition coefficient (Wildman–Crippen LogP) is 1.75. The number of hydrogen-bond donors (Lipinski definition) is 0. The van der Waals surface area contributed by atoms with Crippen molar-refractivity contribution in [1.82, 2.24) is 5.73 Å². The zero-order valence-electron chi connectivity index (χ0n) is 6.21. The van der Waals surface area contributed by atoms with Gasteiger partial charge in [0, 0.05) is 0 Å². The first-order valence-corrected chi connectivity index (χ1v) is 3.31. The molecule has 0 aliphatic rings. The maximum atomic E-state index is 12.5. The summed E-state index contributed by atoms with van der Waals surface area (Å²) in [4.78, 5) is 10.1. The second kappa shape index (κ2) is 3.71. The average Bonchev–Trinajstić information content (AvgIpc) is 2.01. The molecule has 0 aliphatic heterocycles. The lowest BCUT2D eigenvalue weighted by molar-refractivity contribution is 0.148. The molecule has 1 N–H and O–H groups in total. The number of ether oxygens (including phenoxy) is 1. The molecule has 1 rings (SSSR count). The summed E-state index contributed by atoms with van der Waals surface area (Å²) < 4.78 is 16.8. The first-order valence-electron chi connectivity index (χ1n) is 3.31. The number of halogens is 1. The Morgan fingerprint density at radius 3 is 2.92 bits per heavy atom. The van der Waals surface area contributed by atoms with Gasteiger partial charge < -0.3 is 4.74 Å². The van der Waals surface area contributed by atoms with Gasteiger partial charge >= 0.3 is 6.09 Å². The van der Waals surface area contributed by atoms with E-state index in [4.69, 9.17) is 5.73 Å². The third-order valence-corrected chi connectivity index (χ3v) is 1.26. The van der Waals surface area contributed by atoms with E-state index in [9.17, 15) is 9.18 Å². The van der Waals surface area contributed by atoms with Crippen LogP contribution in [0.2, 0.25) is 0 Å². The first kappa shape index (κ1) is 8.52. The van der Waals surface area contributed by atoms with Gasteiger partial charge in [0.15, 0.2) is 0 Å². The summed E-state index contributed by atoms with van der Waals surface area (Å²) in [7, 11) is 0. The summed E-state index contributed by atoms with van der Waals surface area (Å²) in [5.74, 6) is -0.381. The summed E-state index contributed by atoms with van der Waals surface area (Å²) in [6, 6.07) is 5.68. The molecule has 0 unspecified atom stereocenters. The Kier molecular flexibility index (Phi) is 2.63. The maximum absolute atomic E-state index is 12.5. The van der Waals surface area contributed by atoms with Crippen molar-refractivity contribution in [3.63, 3.8) is 0 Å². The summed E-state index contributed by atoms with van der Waals surface area (Å²) in [6.07, 6.45) is -1.11. The summed E-state index contributed by atoms with van der Waals surface area (Å²) in [5.41, 5.74) is 6.96. The minimum Gasteiger partial charge on any atom is -0.443 e. The number of benzene rings is 1. The molecule has 1 aromatic rings. The SMILES string of the molecule is [NH]C(=O)OCc1cccc(F)c1. The third-order valence-electron chi connectivity index (χ3n) is 1.26. The molecule has 0 fully saturated rings. The molecule has 0 saturated heterocycles. The lowest BCUT2D eigenvalue weighted by atomic mass is 10.2. The Hall–Kier alpha value is -1.58. The number of carbonyl (C=O) groups is 1. The van der Waals surface area contributed by atoms with E-state index in [1.54, 1.807) is 6.07 Å². The minimum absolute atomic E-state index is 0.0555. The monoisotopic (exact) mass is 168 g/mol. The number of carbonyl (C=O) groups excluding carboxylic acids is 1. The quantitative estimate of drug-likeness (QED) is 0.675. The van der Waals surface area contributed by atoms with Gasteiger partial charge in [-0.1, -0.05) is 12.1 Å². The van der Waals surface area contributed by atoms with Gasteiger partial charge in [-0.15, -0.1) is 0 Å². The van der Waals surface area contributed by atoms with Crippen LogP contribution >= 0.6 is 0 Å². The van der Waals surface area contributed by atoms with Crippen LogP contribution in [0.15, 0.2) is 24.3 Å². The molecular formula is C8H7FNO2. The standard InChI is InChI=1S/C8H7FNO2/c9-7-3-1-2-6(4-7)5-12-8(10)11/h1-4,10H,5H2. The van der Waals surface area contributed by atoms with Crippen molar-refractivity contribution in [2.75, 3.05) is 0 Å². The fourth-order valence-electron chi connectivity index (χ4n) is 0.776. The normalized spacial score (nSPS) is 9.42. The van der Waals surface area contributed by atoms with Crippen LogP contribution in [0.25, 0.3) is 0 Å². The van der Waals surface area contributed by atoms with Crippen molar-refractivity contribution in [2.45, 2.75) is 6.61 Å². The van der Waals surface area contributed by atoms with E-state index >= 15 is 0 Å². The lowest BCUT2D eigenvalue weighted by Gasteiger charge is -1.99. The Balaban J connectivity index is 2.57. The molecule has 63 valence electrons. The molecule has 0 heterocycles. The zero-order valence-corrected chi connectivity index (χ0v) is 6.21. The molecule has 1 radical (unpaired) electrons. The largest absolute Gasteiger partial charge is 0.443 e. The topological polar surface area (TPSA) is 50.1 Å². The molecule has 0 bridgehead atoms. The van der Waals surface area contributed by atoms with Crippen LogP contribution in [-0.4, -0.2) is 6.09 Å². The van der Waals surface area contributed by atoms with E-state index in [0.29, 0.717) is 5.56 Å². The van der Waals surface area contributed by atoms with Crippen molar-refractivity contribution in [3.8, 4) is 0 Å². The van der Waals surface area contributed by atoms with Crippen LogP contribution in [0.4, 0.5) is 9.18 Å². The van der Waals surface area contributed by atoms with E-state index in [1.807, 2.05) is 0 Å². The van der Waals surface area contributed by atoms with Crippen molar-refractivity contribution in [1.29, 1.82) is 0 Å². The fourth-order valence-corrected chi connectivity index (χ4v) is 0.776. The van der Waals surface area contributed by atoms with Crippen LogP contribution < -0.4 is 5.73 Å². The van der Waals surface area contributed by atoms with Gasteiger partial charge in [0.25, 0.3) is 0 Å². The third kappa shape index (κ3) is 2.57. The second-order valence-electron chi connectivity index (χ2n) is 2.21. The number of nitrogens with one attached hydrogen (secondary N) is 1. The molecule has 1 aromatic carbocycles. The molecule has 3 nitrogen and oxygen atoms in total. The predicted molar refractivity (Wildman–Crippen MR) is 39.7 cm³/mol. The molecule has 0 aliphatic carbocycles. The van der Waals surface area contributed by atoms with Crippen molar-refractivity contribution in [2.24, 2.45) is 0 Å². The zero-order chi connectivity index (χ0) is 8.97. The Morgan fingerprint density at radius 2 is 2.33 bits per heavy atom. The van der Waals surface area contributed by atoms with Gasteiger partial charge in [0.05, 0.1) is 0 Å². The molecule has 4 heteroatoms. The van der Waals surface area contributed by atoms with Crippen LogP contribution in [0.3, 0.4) is 0 Å². The molecular weight excluding hydrogens is 161 g/mol. The number of rotatable bonds is 2. The lowest BCUT2D eigenvalue weighted by Crippen LogP contribution is -2.02. The first-order chi connectivity index (χ1) is 5.68. The van der Waals surface area contributed by atoms with E-state index < -0.39 is 6.09 Å². The van der Waals surface area contributed by atoms with Crippen molar-refractivity contribution < 1.29 is 13.9 Å². The average molecular weight is 168 g/mol.